The maximum atomic E-state index is 4.44. The van der Waals surface area contributed by atoms with Gasteiger partial charge in [0.15, 0.2) is 0 Å². The molecule has 3 rings (SSSR count). The highest BCUT2D eigenvalue weighted by Crippen LogP contribution is 2.31. The maximum absolute atomic E-state index is 4.44. The lowest BCUT2D eigenvalue weighted by molar-refractivity contribution is 0.239. The Hall–Kier alpha value is -1.75. The average molecular weight is 243 g/mol. The third-order valence-electron chi connectivity index (χ3n) is 3.57. The highest BCUT2D eigenvalue weighted by atomic mass is 15.2. The molecular weight excluding hydrogens is 226 g/mol. The second-order valence-corrected chi connectivity index (χ2v) is 4.75. The molecule has 5 nitrogen and oxygen atoms in total. The van der Waals surface area contributed by atoms with Crippen LogP contribution in [0.25, 0.3) is 0 Å². The summed E-state index contributed by atoms with van der Waals surface area (Å²) in [4.78, 5) is 15.2. The van der Waals surface area contributed by atoms with Crippen molar-refractivity contribution in [2.75, 3.05) is 6.54 Å². The third-order valence-corrected chi connectivity index (χ3v) is 3.57. The van der Waals surface area contributed by atoms with E-state index in [-0.39, 0.29) is 0 Å². The zero-order valence-corrected chi connectivity index (χ0v) is 10.5. The summed E-state index contributed by atoms with van der Waals surface area (Å²) < 4.78 is 2.08. The van der Waals surface area contributed by atoms with Gasteiger partial charge in [-0.3, -0.25) is 14.9 Å². The SMILES string of the molecule is Cn1cncc1CN1CCCC1c1cnccn1. The molecule has 1 aliphatic rings. The zero-order valence-electron chi connectivity index (χ0n) is 10.5. The molecule has 1 atom stereocenters. The average Bonchev–Trinajstić information content (AvgIpc) is 3.01. The highest BCUT2D eigenvalue weighted by Gasteiger charge is 2.27. The molecule has 2 aromatic heterocycles. The second kappa shape index (κ2) is 4.86. The minimum absolute atomic E-state index is 0.397. The molecular formula is C13H17N5. The second-order valence-electron chi connectivity index (χ2n) is 4.75. The molecule has 1 aliphatic heterocycles. The standard InChI is InChI=1S/C13H17N5/c1-17-10-15-7-11(17)9-18-6-2-3-13(18)12-8-14-4-5-16-12/h4-5,7-8,10,13H,2-3,6,9H2,1H3. The lowest BCUT2D eigenvalue weighted by atomic mass is 10.1. The molecule has 18 heavy (non-hydrogen) atoms. The summed E-state index contributed by atoms with van der Waals surface area (Å²) >= 11 is 0. The summed E-state index contributed by atoms with van der Waals surface area (Å²) in [5.74, 6) is 0. The van der Waals surface area contributed by atoms with Crippen LogP contribution in [0.3, 0.4) is 0 Å². The van der Waals surface area contributed by atoms with E-state index in [0.29, 0.717) is 6.04 Å². The highest BCUT2D eigenvalue weighted by molar-refractivity contribution is 5.07. The quantitative estimate of drug-likeness (QED) is 0.820. The van der Waals surface area contributed by atoms with Gasteiger partial charge in [0.05, 0.1) is 23.8 Å². The molecule has 0 aliphatic carbocycles. The number of imidazole rings is 1. The van der Waals surface area contributed by atoms with Gasteiger partial charge in [0.25, 0.3) is 0 Å². The lowest BCUT2D eigenvalue weighted by Gasteiger charge is -2.23. The van der Waals surface area contributed by atoms with Gasteiger partial charge in [-0.25, -0.2) is 4.98 Å². The van der Waals surface area contributed by atoms with Crippen LogP contribution in [0.15, 0.2) is 31.1 Å². The van der Waals surface area contributed by atoms with Crippen molar-refractivity contribution in [2.24, 2.45) is 7.05 Å². The van der Waals surface area contributed by atoms with E-state index in [9.17, 15) is 0 Å². The molecule has 5 heteroatoms. The van der Waals surface area contributed by atoms with Crippen LogP contribution >= 0.6 is 0 Å². The fraction of sp³-hybridized carbons (Fsp3) is 0.462. The number of aryl methyl sites for hydroxylation is 1. The van der Waals surface area contributed by atoms with Gasteiger partial charge in [-0.15, -0.1) is 0 Å². The Kier molecular flexibility index (Phi) is 3.06. The fourth-order valence-electron chi connectivity index (χ4n) is 2.58. The predicted octanol–water partition coefficient (Wildman–Crippen LogP) is 1.55. The number of hydrogen-bond donors (Lipinski definition) is 0. The van der Waals surface area contributed by atoms with Crippen molar-refractivity contribution in [3.8, 4) is 0 Å². The molecule has 0 radical (unpaired) electrons. The first-order chi connectivity index (χ1) is 8.84. The molecule has 1 fully saturated rings. The van der Waals surface area contributed by atoms with Crippen LogP contribution in [0.4, 0.5) is 0 Å². The van der Waals surface area contributed by atoms with Gasteiger partial charge in [-0.05, 0) is 19.4 Å². The molecule has 1 unspecified atom stereocenters. The Morgan fingerprint density at radius 1 is 1.28 bits per heavy atom. The van der Waals surface area contributed by atoms with Crippen molar-refractivity contribution in [1.29, 1.82) is 0 Å². The van der Waals surface area contributed by atoms with Gasteiger partial charge in [0, 0.05) is 38.4 Å². The fourth-order valence-corrected chi connectivity index (χ4v) is 2.58. The lowest BCUT2D eigenvalue weighted by Crippen LogP contribution is -2.24. The van der Waals surface area contributed by atoms with Crippen LogP contribution in [0.1, 0.15) is 30.3 Å². The Morgan fingerprint density at radius 2 is 2.22 bits per heavy atom. The molecule has 94 valence electrons. The molecule has 0 amide bonds. The van der Waals surface area contributed by atoms with E-state index in [4.69, 9.17) is 0 Å². The van der Waals surface area contributed by atoms with Gasteiger partial charge in [0.2, 0.25) is 0 Å². The van der Waals surface area contributed by atoms with E-state index in [1.165, 1.54) is 12.1 Å². The largest absolute Gasteiger partial charge is 0.337 e. The Morgan fingerprint density at radius 3 is 2.94 bits per heavy atom. The summed E-state index contributed by atoms with van der Waals surface area (Å²) in [6.45, 7) is 2.05. The first kappa shape index (κ1) is 11.3. The van der Waals surface area contributed by atoms with Crippen LogP contribution in [0.5, 0.6) is 0 Å². The normalized spacial score (nSPS) is 20.4. The van der Waals surface area contributed by atoms with Crippen LogP contribution in [-0.2, 0) is 13.6 Å². The van der Waals surface area contributed by atoms with Crippen molar-refractivity contribution in [3.05, 3.63) is 42.5 Å². The first-order valence-electron chi connectivity index (χ1n) is 6.30. The third kappa shape index (κ3) is 2.13. The molecule has 0 spiro atoms. The van der Waals surface area contributed by atoms with Gasteiger partial charge in [0.1, 0.15) is 0 Å². The van der Waals surface area contributed by atoms with Crippen LogP contribution in [-0.4, -0.2) is 31.0 Å². The van der Waals surface area contributed by atoms with Gasteiger partial charge in [-0.2, -0.15) is 0 Å². The van der Waals surface area contributed by atoms with E-state index in [0.717, 1.165) is 25.2 Å². The minimum Gasteiger partial charge on any atom is -0.337 e. The van der Waals surface area contributed by atoms with E-state index in [1.807, 2.05) is 25.8 Å². The summed E-state index contributed by atoms with van der Waals surface area (Å²) in [6, 6.07) is 0.397. The van der Waals surface area contributed by atoms with Crippen LogP contribution in [0, 0.1) is 0 Å². The van der Waals surface area contributed by atoms with Crippen LogP contribution < -0.4 is 0 Å². The van der Waals surface area contributed by atoms with Gasteiger partial charge < -0.3 is 4.57 Å². The van der Waals surface area contributed by atoms with Crippen LogP contribution in [0.2, 0.25) is 0 Å². The number of aromatic nitrogens is 4. The molecule has 2 aromatic rings. The number of rotatable bonds is 3. The maximum Gasteiger partial charge on any atom is 0.0945 e. The predicted molar refractivity (Wildman–Crippen MR) is 67.6 cm³/mol. The van der Waals surface area contributed by atoms with Crippen molar-refractivity contribution in [2.45, 2.75) is 25.4 Å². The number of nitrogens with zero attached hydrogens (tertiary/aromatic N) is 5. The number of hydrogen-bond acceptors (Lipinski definition) is 4. The minimum atomic E-state index is 0.397. The summed E-state index contributed by atoms with van der Waals surface area (Å²) in [5, 5.41) is 0. The van der Waals surface area contributed by atoms with E-state index >= 15 is 0 Å². The molecule has 3 heterocycles. The van der Waals surface area contributed by atoms with E-state index in [2.05, 4.69) is 24.4 Å². The molecule has 0 N–H and O–H groups in total. The summed E-state index contributed by atoms with van der Waals surface area (Å²) in [5.41, 5.74) is 2.32. The zero-order chi connectivity index (χ0) is 12.4. The topological polar surface area (TPSA) is 46.8 Å². The smallest absolute Gasteiger partial charge is 0.0945 e. The first-order valence-corrected chi connectivity index (χ1v) is 6.30. The van der Waals surface area contributed by atoms with Crippen molar-refractivity contribution in [3.63, 3.8) is 0 Å². The molecule has 1 saturated heterocycles. The van der Waals surface area contributed by atoms with Crippen molar-refractivity contribution >= 4 is 0 Å². The Balaban J connectivity index is 1.78. The molecule has 0 aromatic carbocycles. The van der Waals surface area contributed by atoms with Gasteiger partial charge >= 0.3 is 0 Å². The van der Waals surface area contributed by atoms with Gasteiger partial charge in [-0.1, -0.05) is 0 Å². The van der Waals surface area contributed by atoms with Crippen molar-refractivity contribution < 1.29 is 0 Å². The van der Waals surface area contributed by atoms with Crippen molar-refractivity contribution in [1.82, 2.24) is 24.4 Å². The Labute approximate surface area is 107 Å². The van der Waals surface area contributed by atoms with E-state index in [1.54, 1.807) is 12.4 Å². The summed E-state index contributed by atoms with van der Waals surface area (Å²) in [6.07, 6.45) is 11.6. The Bertz CT molecular complexity index is 507. The summed E-state index contributed by atoms with van der Waals surface area (Å²) in [7, 11) is 2.04. The monoisotopic (exact) mass is 243 g/mol. The van der Waals surface area contributed by atoms with E-state index < -0.39 is 0 Å². The molecule has 0 saturated carbocycles. The molecule has 0 bridgehead atoms. The number of likely N-dealkylation sites (tertiary alicyclic amines) is 1.